The number of esters is 3. The zero-order chi connectivity index (χ0) is 31.2. The van der Waals surface area contributed by atoms with Crippen LogP contribution in [-0.2, 0) is 54.5 Å². The summed E-state index contributed by atoms with van der Waals surface area (Å²) in [5.74, 6) is -0.371. The molecule has 0 unspecified atom stereocenters. The molecule has 0 bridgehead atoms. The van der Waals surface area contributed by atoms with Crippen molar-refractivity contribution in [3.63, 3.8) is 0 Å². The number of ether oxygens (including phenoxy) is 3. The summed E-state index contributed by atoms with van der Waals surface area (Å²) < 4.78 is 13.8. The predicted molar refractivity (Wildman–Crippen MR) is 163 cm³/mol. The molecule has 0 saturated carbocycles. The van der Waals surface area contributed by atoms with Gasteiger partial charge in [0, 0.05) is 21.1 Å². The summed E-state index contributed by atoms with van der Waals surface area (Å²) >= 11 is 0. The van der Waals surface area contributed by atoms with Crippen molar-refractivity contribution in [2.75, 3.05) is 19.8 Å². The number of rotatable bonds is 18. The van der Waals surface area contributed by atoms with Crippen LogP contribution >= 0.6 is 0 Å². The summed E-state index contributed by atoms with van der Waals surface area (Å²) in [6, 6.07) is 0. The second kappa shape index (κ2) is 50.2. The average molecular weight is 744 g/mol. The fourth-order valence-corrected chi connectivity index (χ4v) is 2.93. The van der Waals surface area contributed by atoms with Crippen molar-refractivity contribution in [1.29, 1.82) is 0 Å². The maximum atomic E-state index is 10.2. The molecular weight excluding hydrogens is 680 g/mol. The maximum Gasteiger partial charge on any atom is 0.164 e. The van der Waals surface area contributed by atoms with E-state index < -0.39 is 17.9 Å². The molecule has 0 aromatic rings. The summed E-state index contributed by atoms with van der Waals surface area (Å²) in [7, 11) is 0. The summed E-state index contributed by atoms with van der Waals surface area (Å²) in [5, 5.41) is 0. The van der Waals surface area contributed by atoms with Crippen LogP contribution in [0.3, 0.4) is 0 Å². The van der Waals surface area contributed by atoms with Crippen molar-refractivity contribution in [3.05, 3.63) is 20.8 Å². The zero-order valence-corrected chi connectivity index (χ0v) is 29.8. The van der Waals surface area contributed by atoms with Crippen molar-refractivity contribution in [1.82, 2.24) is 0 Å². The molecule has 40 heavy (non-hydrogen) atoms. The van der Waals surface area contributed by atoms with Gasteiger partial charge in [-0.15, -0.1) is 0 Å². The van der Waals surface area contributed by atoms with Crippen molar-refractivity contribution in [2.45, 2.75) is 138 Å². The Labute approximate surface area is 262 Å². The first-order chi connectivity index (χ1) is 18.6. The molecule has 0 saturated heterocycles. The number of hydrogen-bond acceptors (Lipinski definition) is 7. The van der Waals surface area contributed by atoms with Crippen molar-refractivity contribution in [3.8, 4) is 0 Å². The third-order valence-corrected chi connectivity index (χ3v) is 4.86. The van der Waals surface area contributed by atoms with Gasteiger partial charge < -0.3 is 19.0 Å². The molecule has 0 spiro atoms. The molecule has 0 aliphatic carbocycles. The SMILES string of the molecule is C=O.CCCC(C)C.[CH2-]C(=O)OCCC.[CH2-]C(=O)OCCCCCCCC.[CH2-]C(=O)OCCCCCCCC.[W]. The number of carbonyl (C=O) groups is 4. The van der Waals surface area contributed by atoms with Gasteiger partial charge in [-0.25, -0.2) is 0 Å². The zero-order valence-electron chi connectivity index (χ0n) is 26.9. The number of carbonyl (C=O) groups excluding carboxylic acids is 4. The topological polar surface area (TPSA) is 96.0 Å². The molecule has 0 heterocycles. The Hall–Kier alpha value is -1.62. The Morgan fingerprint density at radius 1 is 0.525 bits per heavy atom. The molecule has 0 aliphatic heterocycles. The van der Waals surface area contributed by atoms with Gasteiger partial charge >= 0.3 is 0 Å². The molecule has 0 aromatic heterocycles. The third-order valence-electron chi connectivity index (χ3n) is 4.86. The predicted octanol–water partition coefficient (Wildman–Crippen LogP) is 8.48. The van der Waals surface area contributed by atoms with E-state index in [0.29, 0.717) is 19.8 Å². The van der Waals surface area contributed by atoms with Crippen LogP contribution in [0.15, 0.2) is 0 Å². The average Bonchev–Trinajstić information content (AvgIpc) is 2.88. The molecule has 7 nitrogen and oxygen atoms in total. The molecule has 0 fully saturated rings. The van der Waals surface area contributed by atoms with Crippen molar-refractivity contribution < 1.29 is 54.5 Å². The Kier molecular flexibility index (Phi) is 64.2. The van der Waals surface area contributed by atoms with Crippen LogP contribution in [0.25, 0.3) is 0 Å². The van der Waals surface area contributed by atoms with E-state index in [1.54, 1.807) is 0 Å². The molecule has 0 aliphatic rings. The Balaban J connectivity index is -0.0000000970. The van der Waals surface area contributed by atoms with Gasteiger partial charge in [0.05, 0.1) is 19.8 Å². The van der Waals surface area contributed by atoms with Gasteiger partial charge in [0.2, 0.25) is 0 Å². The second-order valence-electron chi connectivity index (χ2n) is 9.38. The number of hydrogen-bond donors (Lipinski definition) is 0. The molecule has 0 atom stereocenters. The van der Waals surface area contributed by atoms with E-state index in [0.717, 1.165) is 38.0 Å². The summed E-state index contributed by atoms with van der Waals surface area (Å²) in [6.07, 6.45) is 18.1. The molecule has 0 aromatic carbocycles. The Morgan fingerprint density at radius 3 is 1.02 bits per heavy atom. The second-order valence-corrected chi connectivity index (χ2v) is 9.38. The van der Waals surface area contributed by atoms with Crippen molar-refractivity contribution >= 4 is 24.7 Å². The van der Waals surface area contributed by atoms with Crippen LogP contribution in [0.5, 0.6) is 0 Å². The molecule has 0 amide bonds. The molecule has 8 heteroatoms. The van der Waals surface area contributed by atoms with Gasteiger partial charge in [-0.1, -0.05) is 119 Å². The maximum absolute atomic E-state index is 10.2. The van der Waals surface area contributed by atoms with Crippen LogP contribution in [-0.4, -0.2) is 44.5 Å². The van der Waals surface area contributed by atoms with E-state index in [4.69, 9.17) is 14.3 Å². The van der Waals surface area contributed by atoms with Crippen molar-refractivity contribution in [2.24, 2.45) is 5.92 Å². The van der Waals surface area contributed by atoms with E-state index in [2.05, 4.69) is 60.1 Å². The van der Waals surface area contributed by atoms with Crippen LogP contribution in [0.1, 0.15) is 138 Å². The van der Waals surface area contributed by atoms with Gasteiger partial charge in [0.1, 0.15) is 6.79 Å². The van der Waals surface area contributed by atoms with E-state index in [1.807, 2.05) is 13.7 Å². The van der Waals surface area contributed by atoms with Crippen LogP contribution in [0, 0.1) is 26.7 Å². The first-order valence-electron chi connectivity index (χ1n) is 14.8. The fraction of sp³-hybridized carbons (Fsp3) is 0.781. The van der Waals surface area contributed by atoms with Gasteiger partial charge in [-0.05, 0) is 25.2 Å². The minimum absolute atomic E-state index is 0. The summed E-state index contributed by atoms with van der Waals surface area (Å²) in [4.78, 5) is 38.4. The van der Waals surface area contributed by atoms with Crippen LogP contribution < -0.4 is 0 Å². The van der Waals surface area contributed by atoms with E-state index >= 15 is 0 Å². The van der Waals surface area contributed by atoms with Gasteiger partial charge in [0.25, 0.3) is 0 Å². The van der Waals surface area contributed by atoms with Gasteiger partial charge in [0.15, 0.2) is 17.9 Å². The molecule has 0 N–H and O–H groups in total. The van der Waals surface area contributed by atoms with Gasteiger partial charge in [-0.2, -0.15) is 0 Å². The van der Waals surface area contributed by atoms with Gasteiger partial charge in [-0.3, -0.25) is 35.2 Å². The standard InChI is InChI=1S/2C10H19O2.C6H14.C5H9O2.CH2O.W/c2*1-3-4-5-6-7-8-9-12-10(2)11;1-4-5-6(2)3;1-3-4-7-5(2)6;1-2;/h2*2-9H2,1H3;6H,4-5H2,1-3H3;2-4H2,1H3;1H2;/q2*-1;;-1;;. The molecule has 242 valence electrons. The minimum Gasteiger partial charge on any atom is -0.488 e. The monoisotopic (exact) mass is 743 g/mol. The van der Waals surface area contributed by atoms with E-state index in [9.17, 15) is 14.4 Å². The number of unbranched alkanes of at least 4 members (excludes halogenated alkanes) is 10. The third kappa shape index (κ3) is 83.3. The fourth-order valence-electron chi connectivity index (χ4n) is 2.93. The normalized spacial score (nSPS) is 8.88. The molecule has 0 radical (unpaired) electrons. The summed E-state index contributed by atoms with van der Waals surface area (Å²) in [5.41, 5.74) is 0. The largest absolute Gasteiger partial charge is 0.488 e. The minimum atomic E-state index is -0.443. The molecule has 0 rings (SSSR count). The van der Waals surface area contributed by atoms with Crippen LogP contribution in [0.4, 0.5) is 0 Å². The Bertz CT molecular complexity index is 458. The first kappa shape index (κ1) is 51.1. The molecular formula is C32H63O7W-3. The van der Waals surface area contributed by atoms with E-state index in [1.165, 1.54) is 64.2 Å². The first-order valence-corrected chi connectivity index (χ1v) is 14.8. The summed E-state index contributed by atoms with van der Waals surface area (Å²) in [6.45, 7) is 25.9. The van der Waals surface area contributed by atoms with Crippen LogP contribution in [0.2, 0.25) is 0 Å². The quantitative estimate of drug-likeness (QED) is 0.0602. The van der Waals surface area contributed by atoms with E-state index in [-0.39, 0.29) is 21.1 Å². The smallest absolute Gasteiger partial charge is 0.164 e. The Morgan fingerprint density at radius 2 is 0.825 bits per heavy atom.